The van der Waals surface area contributed by atoms with Gasteiger partial charge in [-0.1, -0.05) is 18.5 Å². The maximum atomic E-state index is 12.7. The second kappa shape index (κ2) is 10.6. The zero-order chi connectivity index (χ0) is 25.9. The second-order valence-corrected chi connectivity index (χ2v) is 10.3. The van der Waals surface area contributed by atoms with Gasteiger partial charge in [-0.2, -0.15) is 13.2 Å². The lowest BCUT2D eigenvalue weighted by molar-refractivity contribution is -0.137. The molecule has 0 radical (unpaired) electrons. The standard InChI is InChI=1S/C21H25ClF3N2O6P/c1-5-12(2)33-34(29,30)20(4,26)18(28)13(3)31-15-6-8-16(9-7-15)32-19-17(22)10-14(11-27-19)21(23,24)25/h6-13H,5,26H2,1-4H3,(H,29,30). The van der Waals surface area contributed by atoms with Crippen molar-refractivity contribution in [2.45, 2.75) is 57.8 Å². The van der Waals surface area contributed by atoms with E-state index in [0.29, 0.717) is 18.7 Å². The van der Waals surface area contributed by atoms with E-state index in [1.165, 1.54) is 31.2 Å². The summed E-state index contributed by atoms with van der Waals surface area (Å²) < 4.78 is 66.7. The Labute approximate surface area is 199 Å². The van der Waals surface area contributed by atoms with Crippen molar-refractivity contribution in [3.63, 3.8) is 0 Å². The summed E-state index contributed by atoms with van der Waals surface area (Å²) in [4.78, 5) is 26.5. The van der Waals surface area contributed by atoms with Gasteiger partial charge in [0.2, 0.25) is 11.7 Å². The van der Waals surface area contributed by atoms with Crippen LogP contribution in [0.5, 0.6) is 17.4 Å². The van der Waals surface area contributed by atoms with Crippen LogP contribution in [0.4, 0.5) is 13.2 Å². The summed E-state index contributed by atoms with van der Waals surface area (Å²) in [6, 6.07) is 6.35. The molecule has 0 aliphatic rings. The van der Waals surface area contributed by atoms with Crippen LogP contribution in [0.1, 0.15) is 39.7 Å². The molecule has 2 aromatic rings. The fourth-order valence-electron chi connectivity index (χ4n) is 2.59. The number of nitrogens with two attached hydrogens (primary N) is 1. The van der Waals surface area contributed by atoms with Crippen LogP contribution in [0.3, 0.4) is 0 Å². The third kappa shape index (κ3) is 6.70. The molecule has 188 valence electrons. The number of pyridine rings is 1. The van der Waals surface area contributed by atoms with Gasteiger partial charge < -0.3 is 24.6 Å². The minimum Gasteiger partial charge on any atom is -0.483 e. The molecule has 0 saturated heterocycles. The molecule has 8 nitrogen and oxygen atoms in total. The monoisotopic (exact) mass is 524 g/mol. The van der Waals surface area contributed by atoms with Crippen molar-refractivity contribution in [1.29, 1.82) is 0 Å². The fourth-order valence-corrected chi connectivity index (χ4v) is 4.11. The van der Waals surface area contributed by atoms with Crippen molar-refractivity contribution in [2.75, 3.05) is 0 Å². The number of ketones is 1. The van der Waals surface area contributed by atoms with Crippen LogP contribution in [-0.2, 0) is 20.1 Å². The highest BCUT2D eigenvalue weighted by Gasteiger charge is 2.50. The number of alkyl halides is 3. The van der Waals surface area contributed by atoms with E-state index in [1.807, 2.05) is 0 Å². The number of benzene rings is 1. The van der Waals surface area contributed by atoms with Crippen molar-refractivity contribution < 1.29 is 41.4 Å². The van der Waals surface area contributed by atoms with E-state index in [0.717, 1.165) is 6.92 Å². The number of Topliss-reactive ketones (excluding diaryl/α,β-unsaturated/α-hetero) is 1. The Morgan fingerprint density at radius 3 is 2.29 bits per heavy atom. The molecule has 0 aliphatic heterocycles. The predicted molar refractivity (Wildman–Crippen MR) is 119 cm³/mol. The highest BCUT2D eigenvalue weighted by atomic mass is 35.5. The first-order valence-electron chi connectivity index (χ1n) is 10.1. The number of ether oxygens (including phenoxy) is 2. The highest BCUT2D eigenvalue weighted by Crippen LogP contribution is 2.54. The molecule has 4 unspecified atom stereocenters. The number of carbonyl (C=O) groups is 1. The number of halogens is 4. The van der Waals surface area contributed by atoms with Crippen LogP contribution in [0.15, 0.2) is 36.5 Å². The van der Waals surface area contributed by atoms with Gasteiger partial charge in [0, 0.05) is 6.20 Å². The Hall–Kier alpha value is -2.17. The lowest BCUT2D eigenvalue weighted by atomic mass is 10.1. The smallest absolute Gasteiger partial charge is 0.417 e. The van der Waals surface area contributed by atoms with Gasteiger partial charge in [0.1, 0.15) is 16.5 Å². The molecule has 1 aromatic carbocycles. The number of hydrogen-bond acceptors (Lipinski definition) is 7. The molecule has 0 bridgehead atoms. The first kappa shape index (κ1) is 28.1. The summed E-state index contributed by atoms with van der Waals surface area (Å²) in [5.41, 5.74) is 4.87. The van der Waals surface area contributed by atoms with Gasteiger partial charge in [-0.05, 0) is 57.5 Å². The predicted octanol–water partition coefficient (Wildman–Crippen LogP) is 5.56. The number of carbonyl (C=O) groups excluding carboxylic acids is 1. The van der Waals surface area contributed by atoms with Crippen LogP contribution in [-0.4, -0.2) is 33.1 Å². The van der Waals surface area contributed by atoms with Crippen LogP contribution >= 0.6 is 19.2 Å². The van der Waals surface area contributed by atoms with Crippen molar-refractivity contribution >= 4 is 25.0 Å². The molecule has 1 heterocycles. The first-order chi connectivity index (χ1) is 15.6. The molecule has 0 saturated carbocycles. The Morgan fingerprint density at radius 2 is 1.79 bits per heavy atom. The van der Waals surface area contributed by atoms with Crippen LogP contribution in [0.2, 0.25) is 5.02 Å². The highest BCUT2D eigenvalue weighted by molar-refractivity contribution is 7.55. The summed E-state index contributed by atoms with van der Waals surface area (Å²) in [7, 11) is -4.51. The summed E-state index contributed by atoms with van der Waals surface area (Å²) in [6.45, 7) is 5.81. The number of nitrogens with zero attached hydrogens (tertiary/aromatic N) is 1. The molecule has 0 aliphatic carbocycles. The fraction of sp³-hybridized carbons (Fsp3) is 0.429. The van der Waals surface area contributed by atoms with Gasteiger partial charge in [0.25, 0.3) is 0 Å². The third-order valence-corrected chi connectivity index (χ3v) is 7.15. The van der Waals surface area contributed by atoms with Gasteiger partial charge in [-0.15, -0.1) is 0 Å². The van der Waals surface area contributed by atoms with Crippen LogP contribution in [0.25, 0.3) is 0 Å². The minimum absolute atomic E-state index is 0.186. The van der Waals surface area contributed by atoms with Gasteiger partial charge in [-0.3, -0.25) is 9.36 Å². The Balaban J connectivity index is 2.08. The van der Waals surface area contributed by atoms with Crippen LogP contribution in [0, 0.1) is 0 Å². The van der Waals surface area contributed by atoms with Crippen molar-refractivity contribution in [1.82, 2.24) is 4.98 Å². The quantitative estimate of drug-likeness (QED) is 0.388. The minimum atomic E-state index is -4.59. The topological polar surface area (TPSA) is 121 Å². The lowest BCUT2D eigenvalue weighted by Gasteiger charge is -2.31. The lowest BCUT2D eigenvalue weighted by Crippen LogP contribution is -2.51. The zero-order valence-corrected chi connectivity index (χ0v) is 20.4. The van der Waals surface area contributed by atoms with Gasteiger partial charge >= 0.3 is 13.8 Å². The zero-order valence-electron chi connectivity index (χ0n) is 18.8. The third-order valence-electron chi connectivity index (χ3n) is 4.84. The number of aromatic nitrogens is 1. The first-order valence-corrected chi connectivity index (χ1v) is 12.1. The maximum Gasteiger partial charge on any atom is 0.417 e. The molecular weight excluding hydrogens is 500 g/mol. The average Bonchev–Trinajstić information content (AvgIpc) is 2.74. The van der Waals surface area contributed by atoms with E-state index >= 15 is 0 Å². The van der Waals surface area contributed by atoms with E-state index in [2.05, 4.69) is 4.98 Å². The number of rotatable bonds is 10. The Morgan fingerprint density at radius 1 is 1.24 bits per heavy atom. The normalized spacial score (nSPS) is 17.2. The largest absolute Gasteiger partial charge is 0.483 e. The van der Waals surface area contributed by atoms with Crippen molar-refractivity contribution in [2.24, 2.45) is 5.73 Å². The van der Waals surface area contributed by atoms with Crippen molar-refractivity contribution in [3.05, 3.63) is 47.1 Å². The number of hydrogen-bond donors (Lipinski definition) is 2. The molecule has 1 aromatic heterocycles. The van der Waals surface area contributed by atoms with E-state index < -0.39 is 42.6 Å². The summed E-state index contributed by atoms with van der Waals surface area (Å²) in [6.07, 6.45) is -5.33. The molecule has 13 heteroatoms. The van der Waals surface area contributed by atoms with E-state index in [4.69, 9.17) is 31.3 Å². The summed E-state index contributed by atoms with van der Waals surface area (Å²) in [5, 5.41) is -2.53. The van der Waals surface area contributed by atoms with E-state index in [-0.39, 0.29) is 22.4 Å². The molecule has 0 fully saturated rings. The molecule has 4 atom stereocenters. The maximum absolute atomic E-state index is 12.7. The van der Waals surface area contributed by atoms with Gasteiger partial charge in [0.15, 0.2) is 11.4 Å². The van der Waals surface area contributed by atoms with Crippen LogP contribution < -0.4 is 15.2 Å². The Bertz CT molecular complexity index is 1070. The average molecular weight is 525 g/mol. The molecule has 2 rings (SSSR count). The molecule has 0 amide bonds. The second-order valence-electron chi connectivity index (χ2n) is 7.70. The SMILES string of the molecule is CCC(C)OP(=O)(O)C(C)(N)C(=O)C(C)Oc1ccc(Oc2ncc(C(F)(F)F)cc2Cl)cc1. The molecular formula is C21H25ClF3N2O6P. The molecule has 3 N–H and O–H groups in total. The molecule has 0 spiro atoms. The van der Waals surface area contributed by atoms with E-state index in [1.54, 1.807) is 13.8 Å². The van der Waals surface area contributed by atoms with Gasteiger partial charge in [0.05, 0.1) is 11.7 Å². The summed E-state index contributed by atoms with van der Waals surface area (Å²) >= 11 is 5.83. The Kier molecular flexibility index (Phi) is 8.77. The van der Waals surface area contributed by atoms with Crippen molar-refractivity contribution in [3.8, 4) is 17.4 Å². The summed E-state index contributed by atoms with van der Waals surface area (Å²) in [5.74, 6) is -0.689. The van der Waals surface area contributed by atoms with Gasteiger partial charge in [-0.25, -0.2) is 4.98 Å². The molecule has 34 heavy (non-hydrogen) atoms. The van der Waals surface area contributed by atoms with E-state index in [9.17, 15) is 27.4 Å².